The van der Waals surface area contributed by atoms with Crippen LogP contribution in [0.5, 0.6) is 0 Å². The first-order chi connectivity index (χ1) is 13.5. The van der Waals surface area contributed by atoms with Crippen molar-refractivity contribution in [1.29, 1.82) is 0 Å². The molecule has 0 saturated carbocycles. The van der Waals surface area contributed by atoms with Gasteiger partial charge in [-0.3, -0.25) is 4.79 Å². The number of hydrogen-bond donors (Lipinski definition) is 0. The second-order valence-corrected chi connectivity index (χ2v) is 8.67. The van der Waals surface area contributed by atoms with Gasteiger partial charge in [0.2, 0.25) is 10.0 Å². The number of para-hydroxylation sites is 1. The normalized spacial score (nSPS) is 15.4. The molecule has 0 atom stereocenters. The van der Waals surface area contributed by atoms with Gasteiger partial charge in [-0.25, -0.2) is 8.42 Å². The van der Waals surface area contributed by atoms with Gasteiger partial charge in [0.25, 0.3) is 5.91 Å². The Labute approximate surface area is 167 Å². The van der Waals surface area contributed by atoms with Crippen molar-refractivity contribution in [3.05, 3.63) is 60.2 Å². The SMILES string of the molecule is CCN(CC)C(=O)c1cccc(S(=O)(=O)N2CCN(c3ccccc3)CC2)c1. The van der Waals surface area contributed by atoms with Crippen molar-refractivity contribution in [2.75, 3.05) is 44.2 Å². The molecule has 1 fully saturated rings. The van der Waals surface area contributed by atoms with E-state index >= 15 is 0 Å². The summed E-state index contributed by atoms with van der Waals surface area (Å²) in [4.78, 5) is 16.6. The minimum absolute atomic E-state index is 0.143. The second-order valence-electron chi connectivity index (χ2n) is 6.73. The Balaban J connectivity index is 1.75. The fraction of sp³-hybridized carbons (Fsp3) is 0.381. The van der Waals surface area contributed by atoms with Crippen LogP contribution in [-0.2, 0) is 10.0 Å². The molecule has 28 heavy (non-hydrogen) atoms. The maximum Gasteiger partial charge on any atom is 0.253 e. The first kappa shape index (κ1) is 20.4. The van der Waals surface area contributed by atoms with E-state index in [2.05, 4.69) is 4.90 Å². The lowest BCUT2D eigenvalue weighted by Crippen LogP contribution is -2.48. The van der Waals surface area contributed by atoms with Crippen LogP contribution in [0.3, 0.4) is 0 Å². The van der Waals surface area contributed by atoms with Crippen LogP contribution in [0, 0.1) is 0 Å². The molecule has 1 saturated heterocycles. The van der Waals surface area contributed by atoms with Crippen LogP contribution in [0.25, 0.3) is 0 Å². The zero-order valence-corrected chi connectivity index (χ0v) is 17.2. The highest BCUT2D eigenvalue weighted by atomic mass is 32.2. The number of benzene rings is 2. The maximum atomic E-state index is 13.1. The summed E-state index contributed by atoms with van der Waals surface area (Å²) in [5, 5.41) is 0. The smallest absolute Gasteiger partial charge is 0.253 e. The van der Waals surface area contributed by atoms with Crippen LogP contribution in [0.15, 0.2) is 59.5 Å². The van der Waals surface area contributed by atoms with Gasteiger partial charge in [-0.15, -0.1) is 0 Å². The Morgan fingerprint density at radius 1 is 0.929 bits per heavy atom. The molecule has 0 radical (unpaired) electrons. The minimum atomic E-state index is -3.63. The number of rotatable bonds is 6. The molecule has 6 nitrogen and oxygen atoms in total. The fourth-order valence-electron chi connectivity index (χ4n) is 3.46. The molecule has 0 N–H and O–H groups in total. The van der Waals surface area contributed by atoms with Gasteiger partial charge in [0.15, 0.2) is 0 Å². The quantitative estimate of drug-likeness (QED) is 0.747. The Kier molecular flexibility index (Phi) is 6.36. The van der Waals surface area contributed by atoms with Crippen LogP contribution in [0.2, 0.25) is 0 Å². The van der Waals surface area contributed by atoms with Crippen molar-refractivity contribution < 1.29 is 13.2 Å². The molecule has 0 aromatic heterocycles. The molecule has 1 amide bonds. The molecule has 7 heteroatoms. The van der Waals surface area contributed by atoms with Gasteiger partial charge in [0.1, 0.15) is 0 Å². The van der Waals surface area contributed by atoms with E-state index in [0.717, 1.165) is 5.69 Å². The molecule has 0 aliphatic carbocycles. The van der Waals surface area contributed by atoms with E-state index in [1.54, 1.807) is 23.1 Å². The highest BCUT2D eigenvalue weighted by molar-refractivity contribution is 7.89. The summed E-state index contributed by atoms with van der Waals surface area (Å²) < 4.78 is 27.7. The molecule has 150 valence electrons. The molecule has 0 unspecified atom stereocenters. The predicted molar refractivity (Wildman–Crippen MR) is 111 cm³/mol. The molecule has 1 aliphatic heterocycles. The number of anilines is 1. The summed E-state index contributed by atoms with van der Waals surface area (Å²) in [6, 6.07) is 16.4. The average molecular weight is 402 g/mol. The highest BCUT2D eigenvalue weighted by Crippen LogP contribution is 2.22. The fourth-order valence-corrected chi connectivity index (χ4v) is 4.93. The Bertz CT molecular complexity index is 904. The van der Waals surface area contributed by atoms with Crippen LogP contribution in [0.1, 0.15) is 24.2 Å². The number of amides is 1. The van der Waals surface area contributed by atoms with E-state index in [4.69, 9.17) is 0 Å². The second kappa shape index (κ2) is 8.75. The van der Waals surface area contributed by atoms with Gasteiger partial charge < -0.3 is 9.80 Å². The number of nitrogens with zero attached hydrogens (tertiary/aromatic N) is 3. The van der Waals surface area contributed by atoms with E-state index in [1.165, 1.54) is 10.4 Å². The van der Waals surface area contributed by atoms with E-state index in [1.807, 2.05) is 44.2 Å². The third-order valence-corrected chi connectivity index (χ3v) is 7.02. The average Bonchev–Trinajstić information content (AvgIpc) is 2.75. The summed E-state index contributed by atoms with van der Waals surface area (Å²) in [7, 11) is -3.63. The molecular weight excluding hydrogens is 374 g/mol. The van der Waals surface area contributed by atoms with Gasteiger partial charge in [-0.1, -0.05) is 24.3 Å². The molecular formula is C21H27N3O3S. The third-order valence-electron chi connectivity index (χ3n) is 5.13. The van der Waals surface area contributed by atoms with Crippen molar-refractivity contribution >= 4 is 21.6 Å². The van der Waals surface area contributed by atoms with Crippen molar-refractivity contribution in [3.63, 3.8) is 0 Å². The van der Waals surface area contributed by atoms with Crippen LogP contribution in [-0.4, -0.2) is 62.8 Å². The maximum absolute atomic E-state index is 13.1. The summed E-state index contributed by atoms with van der Waals surface area (Å²) in [6.07, 6.45) is 0. The van der Waals surface area contributed by atoms with Crippen LogP contribution >= 0.6 is 0 Å². The Morgan fingerprint density at radius 2 is 1.57 bits per heavy atom. The van der Waals surface area contributed by atoms with Crippen LogP contribution in [0.4, 0.5) is 5.69 Å². The first-order valence-electron chi connectivity index (χ1n) is 9.67. The lowest BCUT2D eigenvalue weighted by molar-refractivity contribution is 0.0772. The molecule has 2 aromatic carbocycles. The van der Waals surface area contributed by atoms with Gasteiger partial charge in [0, 0.05) is 50.5 Å². The topological polar surface area (TPSA) is 60.9 Å². The van der Waals surface area contributed by atoms with Gasteiger partial charge in [0.05, 0.1) is 4.90 Å². The lowest BCUT2D eigenvalue weighted by Gasteiger charge is -2.35. The summed E-state index contributed by atoms with van der Waals surface area (Å²) in [5.41, 5.74) is 1.51. The van der Waals surface area contributed by atoms with Gasteiger partial charge >= 0.3 is 0 Å². The van der Waals surface area contributed by atoms with E-state index in [-0.39, 0.29) is 10.8 Å². The zero-order chi connectivity index (χ0) is 20.1. The molecule has 1 heterocycles. The number of carbonyl (C=O) groups is 1. The van der Waals surface area contributed by atoms with Crippen molar-refractivity contribution in [3.8, 4) is 0 Å². The number of hydrogen-bond acceptors (Lipinski definition) is 4. The van der Waals surface area contributed by atoms with Crippen molar-refractivity contribution in [1.82, 2.24) is 9.21 Å². The summed E-state index contributed by atoms with van der Waals surface area (Å²) in [5.74, 6) is -0.143. The predicted octanol–water partition coefficient (Wildman–Crippen LogP) is 2.68. The van der Waals surface area contributed by atoms with Crippen LogP contribution < -0.4 is 4.90 Å². The van der Waals surface area contributed by atoms with E-state index in [0.29, 0.717) is 44.8 Å². The summed E-state index contributed by atoms with van der Waals surface area (Å²) >= 11 is 0. The van der Waals surface area contributed by atoms with E-state index in [9.17, 15) is 13.2 Å². The third kappa shape index (κ3) is 4.20. The van der Waals surface area contributed by atoms with Gasteiger partial charge in [-0.05, 0) is 44.2 Å². The lowest BCUT2D eigenvalue weighted by atomic mass is 10.2. The first-order valence-corrected chi connectivity index (χ1v) is 11.1. The number of carbonyl (C=O) groups excluding carboxylic acids is 1. The minimum Gasteiger partial charge on any atom is -0.369 e. The molecule has 1 aliphatic rings. The summed E-state index contributed by atoms with van der Waals surface area (Å²) in [6.45, 7) is 7.13. The van der Waals surface area contributed by atoms with Crippen molar-refractivity contribution in [2.24, 2.45) is 0 Å². The van der Waals surface area contributed by atoms with Gasteiger partial charge in [-0.2, -0.15) is 4.31 Å². The molecule has 0 bridgehead atoms. The standard InChI is InChI=1S/C21H27N3O3S/c1-3-22(4-2)21(25)18-9-8-12-20(17-18)28(26,27)24-15-13-23(14-16-24)19-10-6-5-7-11-19/h5-12,17H,3-4,13-16H2,1-2H3. The van der Waals surface area contributed by atoms with Crippen molar-refractivity contribution in [2.45, 2.75) is 18.7 Å². The van der Waals surface area contributed by atoms with E-state index < -0.39 is 10.0 Å². The Hall–Kier alpha value is -2.38. The number of piperazine rings is 1. The molecule has 0 spiro atoms. The molecule has 3 rings (SSSR count). The largest absolute Gasteiger partial charge is 0.369 e. The highest BCUT2D eigenvalue weighted by Gasteiger charge is 2.29. The Morgan fingerprint density at radius 3 is 2.18 bits per heavy atom. The molecule has 2 aromatic rings. The monoisotopic (exact) mass is 401 g/mol. The zero-order valence-electron chi connectivity index (χ0n) is 16.4. The number of sulfonamides is 1.